The Labute approximate surface area is 117 Å². The molecule has 0 aliphatic heterocycles. The van der Waals surface area contributed by atoms with Gasteiger partial charge in [-0.05, 0) is 31.3 Å². The highest BCUT2D eigenvalue weighted by Gasteiger charge is 2.15. The third kappa shape index (κ3) is 3.19. The summed E-state index contributed by atoms with van der Waals surface area (Å²) in [4.78, 5) is 0.177. The lowest BCUT2D eigenvalue weighted by Gasteiger charge is -2.10. The van der Waals surface area contributed by atoms with Crippen LogP contribution in [-0.2, 0) is 23.2 Å². The van der Waals surface area contributed by atoms with Crippen LogP contribution in [0.3, 0.4) is 0 Å². The summed E-state index contributed by atoms with van der Waals surface area (Å²) in [5.74, 6) is 1.09. The lowest BCUT2D eigenvalue weighted by Crippen LogP contribution is -2.20. The van der Waals surface area contributed by atoms with Crippen molar-refractivity contribution in [2.24, 2.45) is 0 Å². The summed E-state index contributed by atoms with van der Waals surface area (Å²) in [5, 5.41) is 11.9. The molecule has 2 aromatic rings. The second-order valence-corrected chi connectivity index (χ2v) is 5.94. The third-order valence-electron chi connectivity index (χ3n) is 2.77. The van der Waals surface area contributed by atoms with Gasteiger partial charge in [-0.15, -0.1) is 0 Å². The van der Waals surface area contributed by atoms with E-state index >= 15 is 0 Å². The quantitative estimate of drug-likeness (QED) is 0.747. The summed E-state index contributed by atoms with van der Waals surface area (Å²) in [6.45, 7) is 0.168. The largest absolute Gasteiger partial charge is 0.462 e. The van der Waals surface area contributed by atoms with Crippen molar-refractivity contribution in [3.63, 3.8) is 0 Å². The molecule has 2 rings (SSSR count). The Kier molecular flexibility index (Phi) is 4.43. The average Bonchev–Trinajstić information content (AvgIpc) is 2.93. The van der Waals surface area contributed by atoms with Gasteiger partial charge in [0.25, 0.3) is 0 Å². The summed E-state index contributed by atoms with van der Waals surface area (Å²) in [5.41, 5.74) is 0.490. The Morgan fingerprint density at radius 3 is 2.50 bits per heavy atom. The lowest BCUT2D eigenvalue weighted by molar-refractivity contribution is 0.244. The Hall–Kier alpha value is -1.83. The fourth-order valence-electron chi connectivity index (χ4n) is 1.74. The predicted octanol–water partition coefficient (Wildman–Crippen LogP) is 1.29. The molecule has 108 valence electrons. The van der Waals surface area contributed by atoms with Crippen LogP contribution in [0.5, 0.6) is 0 Å². The minimum atomic E-state index is -3.52. The van der Waals surface area contributed by atoms with Crippen molar-refractivity contribution in [2.45, 2.75) is 18.0 Å². The van der Waals surface area contributed by atoms with E-state index in [1.54, 1.807) is 30.3 Å². The molecule has 20 heavy (non-hydrogen) atoms. The van der Waals surface area contributed by atoms with Crippen LogP contribution in [0.1, 0.15) is 11.5 Å². The van der Waals surface area contributed by atoms with E-state index in [9.17, 15) is 8.42 Å². The van der Waals surface area contributed by atoms with Gasteiger partial charge >= 0.3 is 0 Å². The van der Waals surface area contributed by atoms with E-state index < -0.39 is 10.0 Å². The van der Waals surface area contributed by atoms with Gasteiger partial charge < -0.3 is 14.8 Å². The van der Waals surface area contributed by atoms with Gasteiger partial charge in [-0.1, -0.05) is 12.1 Å². The zero-order chi connectivity index (χ0) is 14.6. The molecule has 0 atom stereocenters. The highest BCUT2D eigenvalue weighted by atomic mass is 32.2. The van der Waals surface area contributed by atoms with E-state index in [-0.39, 0.29) is 11.5 Å². The van der Waals surface area contributed by atoms with Gasteiger partial charge in [-0.2, -0.15) is 0 Å². The zero-order valence-electron chi connectivity index (χ0n) is 11.0. The molecule has 6 nitrogen and oxygen atoms in total. The van der Waals surface area contributed by atoms with Crippen molar-refractivity contribution in [1.82, 2.24) is 4.72 Å². The third-order valence-corrected chi connectivity index (χ3v) is 4.24. The molecule has 0 aliphatic carbocycles. The van der Waals surface area contributed by atoms with E-state index in [2.05, 4.69) is 10.0 Å². The molecule has 0 fully saturated rings. The smallest absolute Gasteiger partial charge is 0.242 e. The Bertz CT molecular complexity index is 679. The van der Waals surface area contributed by atoms with Crippen LogP contribution in [0.4, 0.5) is 5.69 Å². The van der Waals surface area contributed by atoms with Gasteiger partial charge in [0.05, 0.1) is 12.2 Å². The van der Waals surface area contributed by atoms with Crippen LogP contribution in [0.15, 0.2) is 45.7 Å². The summed E-state index contributed by atoms with van der Waals surface area (Å²) < 4.78 is 31.4. The molecule has 0 radical (unpaired) electrons. The SMILES string of the molecule is CNS(=O)(=O)c1ccccc1NCc1ccc(CO)o1. The van der Waals surface area contributed by atoms with Gasteiger partial charge in [-0.25, -0.2) is 13.1 Å². The molecule has 0 saturated heterocycles. The highest BCUT2D eigenvalue weighted by Crippen LogP contribution is 2.21. The minimum Gasteiger partial charge on any atom is -0.462 e. The minimum absolute atomic E-state index is 0.162. The number of aliphatic hydroxyl groups is 1. The number of anilines is 1. The number of benzene rings is 1. The molecule has 1 aromatic carbocycles. The van der Waals surface area contributed by atoms with Crippen molar-refractivity contribution in [2.75, 3.05) is 12.4 Å². The van der Waals surface area contributed by atoms with Crippen molar-refractivity contribution < 1.29 is 17.9 Å². The lowest BCUT2D eigenvalue weighted by atomic mass is 10.3. The van der Waals surface area contributed by atoms with E-state index in [4.69, 9.17) is 9.52 Å². The van der Waals surface area contributed by atoms with Gasteiger partial charge in [0.15, 0.2) is 0 Å². The maximum absolute atomic E-state index is 11.9. The topological polar surface area (TPSA) is 91.6 Å². The first kappa shape index (κ1) is 14.6. The molecule has 0 unspecified atom stereocenters. The standard InChI is InChI=1S/C13H16N2O4S/c1-14-20(17,18)13-5-3-2-4-12(13)15-8-10-6-7-11(9-16)19-10/h2-7,14-16H,8-9H2,1H3. The van der Waals surface area contributed by atoms with Gasteiger partial charge in [0.2, 0.25) is 10.0 Å². The first-order valence-corrected chi connectivity index (χ1v) is 7.50. The molecule has 7 heteroatoms. The molecule has 0 amide bonds. The first-order valence-electron chi connectivity index (χ1n) is 6.01. The molecule has 0 spiro atoms. The molecule has 1 heterocycles. The van der Waals surface area contributed by atoms with Gasteiger partial charge in [0.1, 0.15) is 23.0 Å². The van der Waals surface area contributed by atoms with Crippen molar-refractivity contribution in [3.8, 4) is 0 Å². The van der Waals surface area contributed by atoms with Crippen LogP contribution < -0.4 is 10.0 Å². The molecule has 0 bridgehead atoms. The number of hydrogen-bond acceptors (Lipinski definition) is 5. The number of aliphatic hydroxyl groups excluding tert-OH is 1. The predicted molar refractivity (Wildman–Crippen MR) is 74.6 cm³/mol. The normalized spacial score (nSPS) is 11.5. The van der Waals surface area contributed by atoms with Gasteiger partial charge in [-0.3, -0.25) is 0 Å². The van der Waals surface area contributed by atoms with E-state index in [1.807, 2.05) is 0 Å². The van der Waals surface area contributed by atoms with Crippen LogP contribution in [0.2, 0.25) is 0 Å². The molecule has 0 aliphatic rings. The maximum Gasteiger partial charge on any atom is 0.242 e. The Morgan fingerprint density at radius 2 is 1.85 bits per heavy atom. The summed E-state index contributed by atoms with van der Waals surface area (Å²) >= 11 is 0. The average molecular weight is 296 g/mol. The fourth-order valence-corrected chi connectivity index (χ4v) is 2.65. The van der Waals surface area contributed by atoms with Crippen molar-refractivity contribution in [1.29, 1.82) is 0 Å². The van der Waals surface area contributed by atoms with Crippen molar-refractivity contribution in [3.05, 3.63) is 47.9 Å². The van der Waals surface area contributed by atoms with Gasteiger partial charge in [0, 0.05) is 0 Å². The summed E-state index contributed by atoms with van der Waals surface area (Å²) in [6.07, 6.45) is 0. The monoisotopic (exact) mass is 296 g/mol. The second kappa shape index (κ2) is 6.08. The Balaban J connectivity index is 2.18. The van der Waals surface area contributed by atoms with E-state index in [1.165, 1.54) is 13.1 Å². The number of rotatable bonds is 6. The van der Waals surface area contributed by atoms with Crippen LogP contribution in [-0.4, -0.2) is 20.6 Å². The fraction of sp³-hybridized carbons (Fsp3) is 0.231. The van der Waals surface area contributed by atoms with Crippen LogP contribution in [0.25, 0.3) is 0 Å². The number of sulfonamides is 1. The zero-order valence-corrected chi connectivity index (χ0v) is 11.8. The van der Waals surface area contributed by atoms with E-state index in [0.29, 0.717) is 23.8 Å². The number of furan rings is 1. The second-order valence-electron chi connectivity index (χ2n) is 4.08. The number of para-hydroxylation sites is 1. The summed E-state index contributed by atoms with van der Waals surface area (Å²) in [7, 11) is -2.15. The highest BCUT2D eigenvalue weighted by molar-refractivity contribution is 7.89. The number of hydrogen-bond donors (Lipinski definition) is 3. The van der Waals surface area contributed by atoms with E-state index in [0.717, 1.165) is 0 Å². The molecule has 0 saturated carbocycles. The summed E-state index contributed by atoms with van der Waals surface area (Å²) in [6, 6.07) is 10.0. The van der Waals surface area contributed by atoms with Crippen LogP contribution in [0, 0.1) is 0 Å². The molecule has 1 aromatic heterocycles. The molecular formula is C13H16N2O4S. The Morgan fingerprint density at radius 1 is 1.15 bits per heavy atom. The van der Waals surface area contributed by atoms with Crippen LogP contribution >= 0.6 is 0 Å². The van der Waals surface area contributed by atoms with Crippen molar-refractivity contribution >= 4 is 15.7 Å². The molecule has 3 N–H and O–H groups in total. The molecular weight excluding hydrogens is 280 g/mol. The maximum atomic E-state index is 11.9. The first-order chi connectivity index (χ1) is 9.56. The number of nitrogens with one attached hydrogen (secondary N) is 2.